The fourth-order valence-electron chi connectivity index (χ4n) is 2.37. The van der Waals surface area contributed by atoms with E-state index in [-0.39, 0.29) is 12.5 Å². The first-order valence-corrected chi connectivity index (χ1v) is 7.94. The molecule has 0 radical (unpaired) electrons. The van der Waals surface area contributed by atoms with Crippen LogP contribution in [0.3, 0.4) is 0 Å². The Balaban J connectivity index is 1.80. The first-order valence-electron chi connectivity index (χ1n) is 7.53. The van der Waals surface area contributed by atoms with Crippen LogP contribution in [0.15, 0.2) is 47.1 Å². The van der Waals surface area contributed by atoms with Gasteiger partial charge in [0, 0.05) is 12.6 Å². The van der Waals surface area contributed by atoms with Gasteiger partial charge in [-0.05, 0) is 31.3 Å². The van der Waals surface area contributed by atoms with Gasteiger partial charge >= 0.3 is 0 Å². The number of benzene rings is 1. The lowest BCUT2D eigenvalue weighted by molar-refractivity contribution is -0.131. The quantitative estimate of drug-likeness (QED) is 0.723. The minimum Gasteiger partial charge on any atom is -0.467 e. The average Bonchev–Trinajstić information content (AvgIpc) is 3.19. The zero-order valence-electron chi connectivity index (χ0n) is 13.5. The number of hydrogen-bond acceptors (Lipinski definition) is 4. The number of amides is 1. The summed E-state index contributed by atoms with van der Waals surface area (Å²) in [5.41, 5.74) is 2.07. The van der Waals surface area contributed by atoms with Gasteiger partial charge in [-0.15, -0.1) is 0 Å². The lowest BCUT2D eigenvalue weighted by atomic mass is 10.1. The predicted octanol–water partition coefficient (Wildman–Crippen LogP) is 3.17. The van der Waals surface area contributed by atoms with Crippen LogP contribution in [0.1, 0.15) is 11.3 Å². The van der Waals surface area contributed by atoms with Crippen molar-refractivity contribution >= 4 is 18.1 Å². The van der Waals surface area contributed by atoms with Crippen LogP contribution in [0.2, 0.25) is 0 Å². The maximum atomic E-state index is 12.5. The smallest absolute Gasteiger partial charge is 0.242 e. The van der Waals surface area contributed by atoms with E-state index in [0.29, 0.717) is 17.1 Å². The van der Waals surface area contributed by atoms with E-state index < -0.39 is 0 Å². The highest BCUT2D eigenvalue weighted by atomic mass is 32.1. The molecule has 0 aliphatic carbocycles. The topological polar surface area (TPSA) is 67.1 Å². The number of furan rings is 1. The van der Waals surface area contributed by atoms with Crippen LogP contribution in [0.4, 0.5) is 0 Å². The fraction of sp³-hybridized carbons (Fsp3) is 0.235. The highest BCUT2D eigenvalue weighted by Gasteiger charge is 2.16. The minimum absolute atomic E-state index is 0.0720. The molecule has 0 spiro atoms. The van der Waals surface area contributed by atoms with Gasteiger partial charge < -0.3 is 9.32 Å². The van der Waals surface area contributed by atoms with E-state index in [1.54, 1.807) is 28.8 Å². The molecule has 2 aromatic heterocycles. The Kier molecular flexibility index (Phi) is 4.61. The highest BCUT2D eigenvalue weighted by molar-refractivity contribution is 7.71. The van der Waals surface area contributed by atoms with Crippen LogP contribution in [-0.4, -0.2) is 32.6 Å². The average molecular weight is 342 g/mol. The normalized spacial score (nSPS) is 10.8. The molecule has 24 heavy (non-hydrogen) atoms. The summed E-state index contributed by atoms with van der Waals surface area (Å²) in [5.74, 6) is 1.32. The van der Waals surface area contributed by atoms with E-state index in [4.69, 9.17) is 16.6 Å². The van der Waals surface area contributed by atoms with Crippen LogP contribution >= 0.6 is 12.2 Å². The molecule has 0 atom stereocenters. The summed E-state index contributed by atoms with van der Waals surface area (Å²) < 4.78 is 7.41. The molecule has 3 aromatic rings. The van der Waals surface area contributed by atoms with Crippen LogP contribution in [0.5, 0.6) is 0 Å². The molecular weight excluding hydrogens is 324 g/mol. The second-order valence-corrected chi connectivity index (χ2v) is 6.02. The molecule has 1 N–H and O–H groups in total. The van der Waals surface area contributed by atoms with Crippen molar-refractivity contribution < 1.29 is 9.21 Å². The van der Waals surface area contributed by atoms with E-state index >= 15 is 0 Å². The molecule has 0 unspecified atom stereocenters. The summed E-state index contributed by atoms with van der Waals surface area (Å²) >= 11 is 5.28. The predicted molar refractivity (Wildman–Crippen MR) is 92.8 cm³/mol. The van der Waals surface area contributed by atoms with Crippen molar-refractivity contribution in [3.05, 3.63) is 58.8 Å². The van der Waals surface area contributed by atoms with Gasteiger partial charge in [0.2, 0.25) is 5.91 Å². The molecule has 1 amide bonds. The molecule has 0 saturated heterocycles. The van der Waals surface area contributed by atoms with Gasteiger partial charge in [-0.1, -0.05) is 29.8 Å². The number of likely N-dealkylation sites (N-methyl/N-ethyl adjacent to an activating group) is 1. The summed E-state index contributed by atoms with van der Waals surface area (Å²) in [7, 11) is 1.74. The van der Waals surface area contributed by atoms with Gasteiger partial charge in [-0.25, -0.2) is 0 Å². The molecule has 1 aromatic carbocycles. The third-order valence-corrected chi connectivity index (χ3v) is 4.07. The number of aromatic amines is 1. The van der Waals surface area contributed by atoms with Crippen LogP contribution in [0, 0.1) is 11.7 Å². The summed E-state index contributed by atoms with van der Waals surface area (Å²) in [6.07, 6.45) is 1.59. The van der Waals surface area contributed by atoms with Gasteiger partial charge in [0.1, 0.15) is 12.3 Å². The molecular formula is C17H18N4O2S. The standard InChI is InChI=1S/C17H18N4O2S/c1-12-5-7-13(8-6-12)16-18-19-17(24)21(16)11-15(22)20(2)10-14-4-3-9-23-14/h3-9H,10-11H2,1-2H3,(H,19,24). The Labute approximate surface area is 144 Å². The van der Waals surface area contributed by atoms with E-state index in [0.717, 1.165) is 16.9 Å². The Bertz CT molecular complexity index is 878. The second kappa shape index (κ2) is 6.84. The number of nitrogens with zero attached hydrogens (tertiary/aromatic N) is 3. The molecule has 0 aliphatic rings. The zero-order chi connectivity index (χ0) is 17.1. The fourth-order valence-corrected chi connectivity index (χ4v) is 2.56. The van der Waals surface area contributed by atoms with E-state index in [2.05, 4.69) is 10.2 Å². The van der Waals surface area contributed by atoms with Crippen LogP contribution < -0.4 is 0 Å². The van der Waals surface area contributed by atoms with Gasteiger partial charge in [0.15, 0.2) is 10.6 Å². The molecule has 2 heterocycles. The zero-order valence-corrected chi connectivity index (χ0v) is 14.3. The summed E-state index contributed by atoms with van der Waals surface area (Å²) in [5, 5.41) is 7.03. The number of carbonyl (C=O) groups excluding carboxylic acids is 1. The summed E-state index contributed by atoms with van der Waals surface area (Å²) in [6, 6.07) is 11.6. The lowest BCUT2D eigenvalue weighted by Gasteiger charge is -2.16. The number of carbonyl (C=O) groups is 1. The first-order chi connectivity index (χ1) is 11.5. The van der Waals surface area contributed by atoms with Crippen LogP contribution in [-0.2, 0) is 17.9 Å². The number of rotatable bonds is 5. The largest absolute Gasteiger partial charge is 0.467 e. The third-order valence-electron chi connectivity index (χ3n) is 3.76. The lowest BCUT2D eigenvalue weighted by Crippen LogP contribution is -2.29. The highest BCUT2D eigenvalue weighted by Crippen LogP contribution is 2.18. The van der Waals surface area contributed by atoms with Crippen molar-refractivity contribution in [1.82, 2.24) is 19.7 Å². The SMILES string of the molecule is Cc1ccc(-c2n[nH]c(=S)n2CC(=O)N(C)Cc2ccco2)cc1. The number of hydrogen-bond donors (Lipinski definition) is 1. The maximum Gasteiger partial charge on any atom is 0.242 e. The summed E-state index contributed by atoms with van der Waals surface area (Å²) in [4.78, 5) is 14.1. The summed E-state index contributed by atoms with van der Waals surface area (Å²) in [6.45, 7) is 2.56. The number of aromatic nitrogens is 3. The molecule has 3 rings (SSSR count). The van der Waals surface area contributed by atoms with E-state index in [9.17, 15) is 4.79 Å². The molecule has 124 valence electrons. The molecule has 7 heteroatoms. The Morgan fingerprint density at radius 2 is 2.08 bits per heavy atom. The van der Waals surface area contributed by atoms with Gasteiger partial charge in [0.05, 0.1) is 12.8 Å². The van der Waals surface area contributed by atoms with Crippen LogP contribution in [0.25, 0.3) is 11.4 Å². The van der Waals surface area contributed by atoms with Crippen molar-refractivity contribution in [1.29, 1.82) is 0 Å². The molecule has 0 bridgehead atoms. The van der Waals surface area contributed by atoms with E-state index in [1.165, 1.54) is 0 Å². The first kappa shape index (κ1) is 16.2. The van der Waals surface area contributed by atoms with Gasteiger partial charge in [0.25, 0.3) is 0 Å². The Hall–Kier alpha value is -2.67. The number of H-pyrrole nitrogens is 1. The third kappa shape index (κ3) is 3.46. The van der Waals surface area contributed by atoms with Crippen molar-refractivity contribution in [2.24, 2.45) is 0 Å². The van der Waals surface area contributed by atoms with Gasteiger partial charge in [-0.2, -0.15) is 5.10 Å². The van der Waals surface area contributed by atoms with E-state index in [1.807, 2.05) is 37.3 Å². The Morgan fingerprint density at radius 3 is 2.75 bits per heavy atom. The second-order valence-electron chi connectivity index (χ2n) is 5.63. The van der Waals surface area contributed by atoms with Crippen molar-refractivity contribution in [2.75, 3.05) is 7.05 Å². The maximum absolute atomic E-state index is 12.5. The molecule has 0 saturated carbocycles. The monoisotopic (exact) mass is 342 g/mol. The number of nitrogens with one attached hydrogen (secondary N) is 1. The Morgan fingerprint density at radius 1 is 1.33 bits per heavy atom. The van der Waals surface area contributed by atoms with Crippen molar-refractivity contribution in [2.45, 2.75) is 20.0 Å². The van der Waals surface area contributed by atoms with Crippen molar-refractivity contribution in [3.63, 3.8) is 0 Å². The van der Waals surface area contributed by atoms with Gasteiger partial charge in [-0.3, -0.25) is 14.5 Å². The number of aryl methyl sites for hydroxylation is 1. The van der Waals surface area contributed by atoms with Crippen molar-refractivity contribution in [3.8, 4) is 11.4 Å². The molecule has 0 aliphatic heterocycles. The molecule has 0 fully saturated rings. The molecule has 6 nitrogen and oxygen atoms in total. The minimum atomic E-state index is -0.0720.